The molecule has 0 amide bonds. The topological polar surface area (TPSA) is 38.0 Å². The molecule has 1 atom stereocenters. The van der Waals surface area contributed by atoms with Crippen molar-refractivity contribution in [2.75, 3.05) is 18.1 Å². The molecule has 0 saturated carbocycles. The molecule has 0 aromatic rings. The van der Waals surface area contributed by atoms with E-state index in [1.165, 1.54) is 24.3 Å². The fraction of sp³-hybridized carbons (Fsp3) is 1.00. The Morgan fingerprint density at radius 1 is 1.67 bits per heavy atom. The van der Waals surface area contributed by atoms with E-state index in [-0.39, 0.29) is 0 Å². The first-order chi connectivity index (χ1) is 4.43. The van der Waals surface area contributed by atoms with Crippen LogP contribution in [0.3, 0.4) is 0 Å². The van der Waals surface area contributed by atoms with Crippen molar-refractivity contribution >= 4 is 11.8 Å². The van der Waals surface area contributed by atoms with E-state index in [2.05, 4.69) is 5.43 Å². The van der Waals surface area contributed by atoms with Crippen LogP contribution in [0.2, 0.25) is 0 Å². The van der Waals surface area contributed by atoms with Crippen molar-refractivity contribution in [3.63, 3.8) is 0 Å². The fourth-order valence-corrected chi connectivity index (χ4v) is 2.29. The number of nitrogens with one attached hydrogen (secondary N) is 1. The van der Waals surface area contributed by atoms with Crippen molar-refractivity contribution in [2.45, 2.75) is 12.8 Å². The molecule has 0 aromatic carbocycles. The summed E-state index contributed by atoms with van der Waals surface area (Å²) in [6.07, 6.45) is 2.73. The van der Waals surface area contributed by atoms with Gasteiger partial charge in [0.15, 0.2) is 0 Å². The average molecular weight is 146 g/mol. The van der Waals surface area contributed by atoms with Gasteiger partial charge in [0.25, 0.3) is 0 Å². The van der Waals surface area contributed by atoms with Crippen molar-refractivity contribution in [3.8, 4) is 0 Å². The van der Waals surface area contributed by atoms with Crippen LogP contribution < -0.4 is 11.3 Å². The summed E-state index contributed by atoms with van der Waals surface area (Å²) in [5.41, 5.74) is 2.72. The van der Waals surface area contributed by atoms with Crippen molar-refractivity contribution in [3.05, 3.63) is 0 Å². The van der Waals surface area contributed by atoms with Gasteiger partial charge >= 0.3 is 0 Å². The second-order valence-electron chi connectivity index (χ2n) is 2.49. The molecule has 1 saturated heterocycles. The van der Waals surface area contributed by atoms with Gasteiger partial charge in [0, 0.05) is 6.54 Å². The van der Waals surface area contributed by atoms with Gasteiger partial charge in [-0.1, -0.05) is 0 Å². The summed E-state index contributed by atoms with van der Waals surface area (Å²) in [6, 6.07) is 0. The number of hydrogen-bond acceptors (Lipinski definition) is 3. The zero-order valence-electron chi connectivity index (χ0n) is 5.60. The predicted molar refractivity (Wildman–Crippen MR) is 42.2 cm³/mol. The molecule has 1 heterocycles. The molecule has 2 nitrogen and oxygen atoms in total. The Hall–Kier alpha value is 0.270. The van der Waals surface area contributed by atoms with Crippen LogP contribution in [0, 0.1) is 5.92 Å². The smallest absolute Gasteiger partial charge is 0.0134 e. The first kappa shape index (κ1) is 7.38. The Balaban J connectivity index is 2.08. The summed E-state index contributed by atoms with van der Waals surface area (Å²) in [5, 5.41) is 0. The minimum absolute atomic E-state index is 0.828. The van der Waals surface area contributed by atoms with Gasteiger partial charge in [0.05, 0.1) is 0 Å². The van der Waals surface area contributed by atoms with Crippen LogP contribution >= 0.6 is 11.8 Å². The Kier molecular flexibility index (Phi) is 3.40. The Morgan fingerprint density at radius 2 is 2.56 bits per heavy atom. The van der Waals surface area contributed by atoms with E-state index >= 15 is 0 Å². The lowest BCUT2D eigenvalue weighted by atomic mass is 10.1. The first-order valence-corrected chi connectivity index (χ1v) is 4.60. The van der Waals surface area contributed by atoms with E-state index in [0.29, 0.717) is 0 Å². The Morgan fingerprint density at radius 3 is 3.11 bits per heavy atom. The SMILES string of the molecule is NNCC1CCCSC1. The monoisotopic (exact) mass is 146 g/mol. The van der Waals surface area contributed by atoms with Crippen molar-refractivity contribution in [2.24, 2.45) is 11.8 Å². The van der Waals surface area contributed by atoms with Crippen LogP contribution in [0.25, 0.3) is 0 Å². The van der Waals surface area contributed by atoms with Gasteiger partial charge in [0.1, 0.15) is 0 Å². The molecule has 1 rings (SSSR count). The van der Waals surface area contributed by atoms with E-state index in [9.17, 15) is 0 Å². The standard InChI is InChI=1S/C6H14N2S/c7-8-4-6-2-1-3-9-5-6/h6,8H,1-5,7H2. The van der Waals surface area contributed by atoms with E-state index in [1.54, 1.807) is 0 Å². The summed E-state index contributed by atoms with van der Waals surface area (Å²) in [4.78, 5) is 0. The molecule has 3 heteroatoms. The highest BCUT2D eigenvalue weighted by Crippen LogP contribution is 2.21. The van der Waals surface area contributed by atoms with E-state index < -0.39 is 0 Å². The molecule has 0 spiro atoms. The third-order valence-electron chi connectivity index (χ3n) is 1.66. The lowest BCUT2D eigenvalue weighted by molar-refractivity contribution is 0.483. The summed E-state index contributed by atoms with van der Waals surface area (Å²) < 4.78 is 0. The third-order valence-corrected chi connectivity index (χ3v) is 2.95. The average Bonchev–Trinajstić information content (AvgIpc) is 1.91. The molecular weight excluding hydrogens is 132 g/mol. The van der Waals surface area contributed by atoms with E-state index in [4.69, 9.17) is 5.84 Å². The summed E-state index contributed by atoms with van der Waals surface area (Å²) in [7, 11) is 0. The Bertz CT molecular complexity index is 68.7. The van der Waals surface area contributed by atoms with Crippen LogP contribution in [0.5, 0.6) is 0 Å². The van der Waals surface area contributed by atoms with Gasteiger partial charge in [-0.15, -0.1) is 0 Å². The number of hydrogen-bond donors (Lipinski definition) is 2. The third kappa shape index (κ3) is 2.56. The second-order valence-corrected chi connectivity index (χ2v) is 3.64. The molecule has 54 valence electrons. The molecule has 0 radical (unpaired) electrons. The summed E-state index contributed by atoms with van der Waals surface area (Å²) in [6.45, 7) is 0.993. The number of rotatable bonds is 2. The maximum Gasteiger partial charge on any atom is 0.0134 e. The quantitative estimate of drug-likeness (QED) is 0.442. The molecule has 1 unspecified atom stereocenters. The molecule has 3 N–H and O–H groups in total. The van der Waals surface area contributed by atoms with Gasteiger partial charge in [-0.25, -0.2) is 0 Å². The fourth-order valence-electron chi connectivity index (χ4n) is 1.14. The van der Waals surface area contributed by atoms with E-state index in [0.717, 1.165) is 12.5 Å². The number of nitrogens with two attached hydrogens (primary N) is 1. The molecule has 0 aliphatic carbocycles. The van der Waals surface area contributed by atoms with Gasteiger partial charge in [-0.3, -0.25) is 11.3 Å². The van der Waals surface area contributed by atoms with Crippen molar-refractivity contribution in [1.29, 1.82) is 0 Å². The summed E-state index contributed by atoms with van der Waals surface area (Å²) >= 11 is 2.05. The Labute approximate surface area is 60.5 Å². The maximum atomic E-state index is 5.20. The first-order valence-electron chi connectivity index (χ1n) is 3.44. The largest absolute Gasteiger partial charge is 0.271 e. The lowest BCUT2D eigenvalue weighted by Crippen LogP contribution is -2.31. The molecule has 1 aliphatic heterocycles. The number of thioether (sulfide) groups is 1. The predicted octanol–water partition coefficient (Wildman–Crippen LogP) is 0.593. The minimum atomic E-state index is 0.828. The molecule has 9 heavy (non-hydrogen) atoms. The van der Waals surface area contributed by atoms with Crippen LogP contribution in [-0.4, -0.2) is 18.1 Å². The highest BCUT2D eigenvalue weighted by atomic mass is 32.2. The highest BCUT2D eigenvalue weighted by Gasteiger charge is 2.11. The molecular formula is C6H14N2S. The number of hydrazine groups is 1. The maximum absolute atomic E-state index is 5.20. The zero-order chi connectivity index (χ0) is 6.53. The molecule has 0 bridgehead atoms. The van der Waals surface area contributed by atoms with Crippen molar-refractivity contribution in [1.82, 2.24) is 5.43 Å². The normalized spacial score (nSPS) is 28.3. The van der Waals surface area contributed by atoms with Gasteiger partial charge in [-0.05, 0) is 30.3 Å². The van der Waals surface area contributed by atoms with Crippen LogP contribution in [0.1, 0.15) is 12.8 Å². The lowest BCUT2D eigenvalue weighted by Gasteiger charge is -2.19. The minimum Gasteiger partial charge on any atom is -0.271 e. The van der Waals surface area contributed by atoms with Crippen LogP contribution in [0.4, 0.5) is 0 Å². The highest BCUT2D eigenvalue weighted by molar-refractivity contribution is 7.99. The molecule has 0 aromatic heterocycles. The molecule has 1 fully saturated rings. The second kappa shape index (κ2) is 4.14. The van der Waals surface area contributed by atoms with Crippen molar-refractivity contribution < 1.29 is 0 Å². The van der Waals surface area contributed by atoms with Crippen LogP contribution in [0.15, 0.2) is 0 Å². The summed E-state index contributed by atoms with van der Waals surface area (Å²) in [5.74, 6) is 8.67. The van der Waals surface area contributed by atoms with Gasteiger partial charge in [-0.2, -0.15) is 11.8 Å². The van der Waals surface area contributed by atoms with E-state index in [1.807, 2.05) is 11.8 Å². The van der Waals surface area contributed by atoms with Gasteiger partial charge in [0.2, 0.25) is 0 Å². The van der Waals surface area contributed by atoms with Gasteiger partial charge < -0.3 is 0 Å². The molecule has 1 aliphatic rings. The van der Waals surface area contributed by atoms with Crippen LogP contribution in [-0.2, 0) is 0 Å². The zero-order valence-corrected chi connectivity index (χ0v) is 6.41.